The van der Waals surface area contributed by atoms with Gasteiger partial charge in [-0.3, -0.25) is 10.2 Å². The van der Waals surface area contributed by atoms with Crippen LogP contribution in [0.25, 0.3) is 0 Å². The predicted molar refractivity (Wildman–Crippen MR) is 54.9 cm³/mol. The molecule has 0 unspecified atom stereocenters. The lowest BCUT2D eigenvalue weighted by Gasteiger charge is -2.14. The van der Waals surface area contributed by atoms with E-state index in [1.165, 1.54) is 14.2 Å². The number of nitrogens with two attached hydrogens (primary N) is 1. The fourth-order valence-electron chi connectivity index (χ4n) is 1.28. The van der Waals surface area contributed by atoms with Crippen LogP contribution < -0.4 is 11.3 Å². The number of hydrogen-bond donors (Lipinski definition) is 2. The third-order valence-electron chi connectivity index (χ3n) is 1.98. The fourth-order valence-corrected chi connectivity index (χ4v) is 1.28. The van der Waals surface area contributed by atoms with Crippen molar-refractivity contribution < 1.29 is 14.3 Å². The SMILES string of the molecule is COC(OC)c1cccc(C(=O)NN)c1. The molecule has 82 valence electrons. The lowest BCUT2D eigenvalue weighted by Crippen LogP contribution is -2.30. The van der Waals surface area contributed by atoms with Gasteiger partial charge in [0.25, 0.3) is 5.91 Å². The lowest BCUT2D eigenvalue weighted by molar-refractivity contribution is -0.106. The molecule has 1 amide bonds. The molecular formula is C10H14N2O3. The molecule has 0 saturated heterocycles. The highest BCUT2D eigenvalue weighted by molar-refractivity contribution is 5.93. The molecule has 0 aromatic heterocycles. The molecule has 0 fully saturated rings. The Bertz CT molecular complexity index is 337. The van der Waals surface area contributed by atoms with Crippen molar-refractivity contribution in [2.75, 3.05) is 14.2 Å². The summed E-state index contributed by atoms with van der Waals surface area (Å²) in [5.74, 6) is 4.69. The van der Waals surface area contributed by atoms with Crippen LogP contribution in [0.1, 0.15) is 22.2 Å². The van der Waals surface area contributed by atoms with E-state index in [2.05, 4.69) is 5.43 Å². The third kappa shape index (κ3) is 2.76. The largest absolute Gasteiger partial charge is 0.352 e. The summed E-state index contributed by atoms with van der Waals surface area (Å²) in [6.45, 7) is 0. The molecule has 3 N–H and O–H groups in total. The van der Waals surface area contributed by atoms with Gasteiger partial charge < -0.3 is 9.47 Å². The summed E-state index contributed by atoms with van der Waals surface area (Å²) in [7, 11) is 3.06. The average molecular weight is 210 g/mol. The first kappa shape index (κ1) is 11.6. The number of amides is 1. The lowest BCUT2D eigenvalue weighted by atomic mass is 10.1. The van der Waals surface area contributed by atoms with E-state index >= 15 is 0 Å². The summed E-state index contributed by atoms with van der Waals surface area (Å²) in [5.41, 5.74) is 3.29. The van der Waals surface area contributed by atoms with Gasteiger partial charge in [-0.15, -0.1) is 0 Å². The van der Waals surface area contributed by atoms with Crippen molar-refractivity contribution in [3.63, 3.8) is 0 Å². The van der Waals surface area contributed by atoms with Crippen molar-refractivity contribution in [3.8, 4) is 0 Å². The molecule has 0 radical (unpaired) electrons. The summed E-state index contributed by atoms with van der Waals surface area (Å²) in [6, 6.07) is 6.88. The minimum atomic E-state index is -0.476. The van der Waals surface area contributed by atoms with Crippen LogP contribution in [0.5, 0.6) is 0 Å². The normalized spacial score (nSPS) is 10.4. The summed E-state index contributed by atoms with van der Waals surface area (Å²) in [4.78, 5) is 11.2. The van der Waals surface area contributed by atoms with Crippen molar-refractivity contribution >= 4 is 5.91 Å². The second-order valence-electron chi connectivity index (χ2n) is 2.90. The van der Waals surface area contributed by atoms with E-state index in [9.17, 15) is 4.79 Å². The third-order valence-corrected chi connectivity index (χ3v) is 1.98. The molecule has 1 rings (SSSR count). The van der Waals surface area contributed by atoms with Crippen molar-refractivity contribution in [2.45, 2.75) is 6.29 Å². The molecule has 1 aromatic rings. The molecular weight excluding hydrogens is 196 g/mol. The van der Waals surface area contributed by atoms with E-state index in [0.717, 1.165) is 5.56 Å². The van der Waals surface area contributed by atoms with Crippen molar-refractivity contribution in [1.29, 1.82) is 0 Å². The highest BCUT2D eigenvalue weighted by Gasteiger charge is 2.11. The van der Waals surface area contributed by atoms with Crippen LogP contribution in [0, 0.1) is 0 Å². The van der Waals surface area contributed by atoms with Crippen molar-refractivity contribution in [2.24, 2.45) is 5.84 Å². The smallest absolute Gasteiger partial charge is 0.265 e. The summed E-state index contributed by atoms with van der Waals surface area (Å²) < 4.78 is 10.1. The second kappa shape index (κ2) is 5.45. The van der Waals surface area contributed by atoms with Crippen molar-refractivity contribution in [1.82, 2.24) is 5.43 Å². The molecule has 0 aliphatic heterocycles. The van der Waals surface area contributed by atoms with Gasteiger partial charge in [0.1, 0.15) is 0 Å². The van der Waals surface area contributed by atoms with Gasteiger partial charge in [0.05, 0.1) is 0 Å². The molecule has 15 heavy (non-hydrogen) atoms. The number of nitrogens with one attached hydrogen (secondary N) is 1. The zero-order chi connectivity index (χ0) is 11.3. The van der Waals surface area contributed by atoms with Gasteiger partial charge in [0, 0.05) is 25.3 Å². The van der Waals surface area contributed by atoms with E-state index < -0.39 is 6.29 Å². The number of methoxy groups -OCH3 is 2. The standard InChI is InChI=1S/C10H14N2O3/c1-14-10(15-2)8-5-3-4-7(6-8)9(13)12-11/h3-6,10H,11H2,1-2H3,(H,12,13). The van der Waals surface area contributed by atoms with Gasteiger partial charge in [-0.2, -0.15) is 0 Å². The number of rotatable bonds is 4. The van der Waals surface area contributed by atoms with Crippen molar-refractivity contribution in [3.05, 3.63) is 35.4 Å². The summed E-state index contributed by atoms with van der Waals surface area (Å²) in [5, 5.41) is 0. The van der Waals surface area contributed by atoms with E-state index in [1.54, 1.807) is 18.2 Å². The second-order valence-corrected chi connectivity index (χ2v) is 2.90. The monoisotopic (exact) mass is 210 g/mol. The Morgan fingerprint density at radius 1 is 1.40 bits per heavy atom. The molecule has 0 bridgehead atoms. The number of carbonyl (C=O) groups is 1. The van der Waals surface area contributed by atoms with Crippen LogP contribution >= 0.6 is 0 Å². The number of hydrazine groups is 1. The van der Waals surface area contributed by atoms with Gasteiger partial charge in [-0.25, -0.2) is 5.84 Å². The van der Waals surface area contributed by atoms with Crippen LogP contribution in [0.4, 0.5) is 0 Å². The topological polar surface area (TPSA) is 73.6 Å². The van der Waals surface area contributed by atoms with E-state index in [-0.39, 0.29) is 5.91 Å². The molecule has 1 aromatic carbocycles. The molecule has 5 nitrogen and oxygen atoms in total. The summed E-state index contributed by atoms with van der Waals surface area (Å²) >= 11 is 0. The number of hydrogen-bond acceptors (Lipinski definition) is 4. The Balaban J connectivity index is 2.96. The van der Waals surface area contributed by atoms with Crippen LogP contribution in [0.15, 0.2) is 24.3 Å². The molecule has 0 spiro atoms. The quantitative estimate of drug-likeness (QED) is 0.330. The van der Waals surface area contributed by atoms with Gasteiger partial charge in [0.2, 0.25) is 0 Å². The molecule has 0 atom stereocenters. The van der Waals surface area contributed by atoms with E-state index in [1.807, 2.05) is 6.07 Å². The predicted octanol–water partition coefficient (Wildman–Crippen LogP) is 0.581. The first-order valence-corrected chi connectivity index (χ1v) is 4.39. The molecule has 0 saturated carbocycles. The zero-order valence-electron chi connectivity index (χ0n) is 8.69. The molecule has 0 heterocycles. The summed E-state index contributed by atoms with van der Waals surface area (Å²) in [6.07, 6.45) is -0.476. The minimum Gasteiger partial charge on any atom is -0.352 e. The van der Waals surface area contributed by atoms with Crippen LogP contribution in [-0.2, 0) is 9.47 Å². The Morgan fingerprint density at radius 3 is 2.60 bits per heavy atom. The first-order chi connectivity index (χ1) is 7.22. The van der Waals surface area contributed by atoms with E-state index in [4.69, 9.17) is 15.3 Å². The minimum absolute atomic E-state index is 0.345. The van der Waals surface area contributed by atoms with Gasteiger partial charge >= 0.3 is 0 Å². The molecule has 0 aliphatic rings. The van der Waals surface area contributed by atoms with E-state index in [0.29, 0.717) is 5.56 Å². The Morgan fingerprint density at radius 2 is 2.07 bits per heavy atom. The fraction of sp³-hybridized carbons (Fsp3) is 0.300. The Kier molecular flexibility index (Phi) is 4.23. The maximum absolute atomic E-state index is 11.2. The van der Waals surface area contributed by atoms with Gasteiger partial charge in [0.15, 0.2) is 6.29 Å². The first-order valence-electron chi connectivity index (χ1n) is 4.39. The number of benzene rings is 1. The number of carbonyl (C=O) groups excluding carboxylic acids is 1. The number of nitrogen functional groups attached to an aromatic ring is 1. The Hall–Kier alpha value is -1.43. The molecule has 0 aliphatic carbocycles. The van der Waals surface area contributed by atoms with Crippen LogP contribution in [0.3, 0.4) is 0 Å². The zero-order valence-corrected chi connectivity index (χ0v) is 8.69. The average Bonchev–Trinajstić information content (AvgIpc) is 2.30. The maximum Gasteiger partial charge on any atom is 0.265 e. The highest BCUT2D eigenvalue weighted by atomic mass is 16.7. The maximum atomic E-state index is 11.2. The van der Waals surface area contributed by atoms with Gasteiger partial charge in [-0.1, -0.05) is 12.1 Å². The van der Waals surface area contributed by atoms with Gasteiger partial charge in [-0.05, 0) is 12.1 Å². The Labute approximate surface area is 88.1 Å². The highest BCUT2D eigenvalue weighted by Crippen LogP contribution is 2.18. The number of ether oxygens (including phenoxy) is 2. The van der Waals surface area contributed by atoms with Crippen LogP contribution in [-0.4, -0.2) is 20.1 Å². The van der Waals surface area contributed by atoms with Crippen LogP contribution in [0.2, 0.25) is 0 Å². The molecule has 5 heteroatoms.